The van der Waals surface area contributed by atoms with Crippen molar-refractivity contribution in [2.45, 2.75) is 6.36 Å². The van der Waals surface area contributed by atoms with Crippen molar-refractivity contribution < 1.29 is 32.2 Å². The predicted molar refractivity (Wildman–Crippen MR) is 61.5 cm³/mol. The van der Waals surface area contributed by atoms with Crippen molar-refractivity contribution in [1.82, 2.24) is 4.98 Å². The molecule has 0 radical (unpaired) electrons. The number of ether oxygens (including phenoxy) is 3. The zero-order valence-electron chi connectivity index (χ0n) is 9.17. The summed E-state index contributed by atoms with van der Waals surface area (Å²) in [4.78, 5) is 14.8. The van der Waals surface area contributed by atoms with E-state index >= 15 is 0 Å². The Bertz CT molecular complexity index is 464. The summed E-state index contributed by atoms with van der Waals surface area (Å²) in [6, 6.07) is 1.07. The molecule has 18 heavy (non-hydrogen) atoms. The second-order valence-electron chi connectivity index (χ2n) is 2.87. The van der Waals surface area contributed by atoms with Gasteiger partial charge in [0.2, 0.25) is 5.88 Å². The summed E-state index contributed by atoms with van der Waals surface area (Å²) in [7, 11) is 2.33. The van der Waals surface area contributed by atoms with E-state index in [9.17, 15) is 18.0 Å². The average molecular weight is 377 g/mol. The molecule has 0 spiro atoms. The standard InChI is InChI=1S/C9H7F3INO4/c1-16-5-3-4(8(15)17-2)7(14-6(5)13)18-9(10,11)12/h3H,1-2H3. The molecule has 100 valence electrons. The molecular formula is C9H7F3INO4. The Morgan fingerprint density at radius 2 is 2.00 bits per heavy atom. The maximum Gasteiger partial charge on any atom is 0.574 e. The van der Waals surface area contributed by atoms with Crippen molar-refractivity contribution in [3.05, 3.63) is 15.3 Å². The molecule has 5 nitrogen and oxygen atoms in total. The van der Waals surface area contributed by atoms with Crippen LogP contribution < -0.4 is 9.47 Å². The lowest BCUT2D eigenvalue weighted by atomic mass is 10.2. The molecule has 1 aromatic heterocycles. The lowest BCUT2D eigenvalue weighted by molar-refractivity contribution is -0.276. The number of alkyl halides is 3. The summed E-state index contributed by atoms with van der Waals surface area (Å²) in [5.74, 6) is -1.73. The van der Waals surface area contributed by atoms with Gasteiger partial charge in [-0.3, -0.25) is 0 Å². The van der Waals surface area contributed by atoms with E-state index in [2.05, 4.69) is 14.5 Å². The Morgan fingerprint density at radius 1 is 1.39 bits per heavy atom. The molecule has 0 amide bonds. The fourth-order valence-corrected chi connectivity index (χ4v) is 1.64. The summed E-state index contributed by atoms with van der Waals surface area (Å²) < 4.78 is 49.5. The van der Waals surface area contributed by atoms with Gasteiger partial charge in [-0.2, -0.15) is 0 Å². The Balaban J connectivity index is 3.30. The Morgan fingerprint density at radius 3 is 2.44 bits per heavy atom. The van der Waals surface area contributed by atoms with Crippen LogP contribution in [0.4, 0.5) is 13.2 Å². The Hall–Kier alpha value is -1.26. The van der Waals surface area contributed by atoms with Gasteiger partial charge in [-0.05, 0) is 22.6 Å². The second kappa shape index (κ2) is 5.59. The molecule has 0 unspecified atom stereocenters. The van der Waals surface area contributed by atoms with Crippen LogP contribution in [0.1, 0.15) is 10.4 Å². The van der Waals surface area contributed by atoms with Gasteiger partial charge < -0.3 is 14.2 Å². The minimum Gasteiger partial charge on any atom is -0.494 e. The summed E-state index contributed by atoms with van der Waals surface area (Å²) >= 11 is 1.65. The smallest absolute Gasteiger partial charge is 0.494 e. The summed E-state index contributed by atoms with van der Waals surface area (Å²) in [6.07, 6.45) is -4.95. The maximum atomic E-state index is 12.2. The van der Waals surface area contributed by atoms with Gasteiger partial charge in [-0.1, -0.05) is 0 Å². The summed E-state index contributed by atoms with van der Waals surface area (Å²) in [6.45, 7) is 0. The van der Waals surface area contributed by atoms with Crippen LogP contribution in [0.25, 0.3) is 0 Å². The van der Waals surface area contributed by atoms with Crippen molar-refractivity contribution in [3.8, 4) is 11.6 Å². The first kappa shape index (κ1) is 14.8. The number of carbonyl (C=O) groups excluding carboxylic acids is 1. The van der Waals surface area contributed by atoms with Crippen molar-refractivity contribution in [2.75, 3.05) is 14.2 Å². The van der Waals surface area contributed by atoms with Gasteiger partial charge in [-0.25, -0.2) is 9.78 Å². The monoisotopic (exact) mass is 377 g/mol. The number of aromatic nitrogens is 1. The molecule has 0 saturated heterocycles. The maximum absolute atomic E-state index is 12.2. The molecule has 1 aromatic rings. The third kappa shape index (κ3) is 3.62. The van der Waals surface area contributed by atoms with E-state index in [-0.39, 0.29) is 9.45 Å². The number of carbonyl (C=O) groups is 1. The van der Waals surface area contributed by atoms with E-state index < -0.39 is 23.8 Å². The van der Waals surface area contributed by atoms with Crippen LogP contribution in [-0.2, 0) is 4.74 Å². The second-order valence-corrected chi connectivity index (χ2v) is 3.90. The first-order valence-electron chi connectivity index (χ1n) is 4.37. The van der Waals surface area contributed by atoms with E-state index in [0.29, 0.717) is 0 Å². The first-order chi connectivity index (χ1) is 8.28. The van der Waals surface area contributed by atoms with Crippen LogP contribution in [0.5, 0.6) is 11.6 Å². The predicted octanol–water partition coefficient (Wildman–Crippen LogP) is 2.38. The fourth-order valence-electron chi connectivity index (χ4n) is 1.04. The highest BCUT2D eigenvalue weighted by atomic mass is 127. The Labute approximate surface area is 113 Å². The van der Waals surface area contributed by atoms with Gasteiger partial charge in [0.15, 0.2) is 5.75 Å². The fraction of sp³-hybridized carbons (Fsp3) is 0.333. The highest BCUT2D eigenvalue weighted by Crippen LogP contribution is 2.30. The number of halogens is 4. The lowest BCUT2D eigenvalue weighted by Crippen LogP contribution is -2.20. The van der Waals surface area contributed by atoms with Crippen LogP contribution in [0.2, 0.25) is 0 Å². The van der Waals surface area contributed by atoms with Crippen LogP contribution in [0, 0.1) is 3.70 Å². The number of rotatable bonds is 3. The molecule has 0 atom stereocenters. The highest BCUT2D eigenvalue weighted by Gasteiger charge is 2.34. The number of hydrogen-bond acceptors (Lipinski definition) is 5. The zero-order chi connectivity index (χ0) is 13.9. The SMILES string of the molecule is COC(=O)c1cc(OC)c(I)nc1OC(F)(F)F. The van der Waals surface area contributed by atoms with E-state index in [4.69, 9.17) is 4.74 Å². The van der Waals surface area contributed by atoms with Crippen LogP contribution in [0.15, 0.2) is 6.07 Å². The first-order valence-corrected chi connectivity index (χ1v) is 5.45. The Kier molecular flexibility index (Phi) is 4.59. The van der Waals surface area contributed by atoms with Gasteiger partial charge in [-0.15, -0.1) is 13.2 Å². The van der Waals surface area contributed by atoms with Crippen LogP contribution in [-0.4, -0.2) is 31.5 Å². The van der Waals surface area contributed by atoms with Gasteiger partial charge in [0, 0.05) is 6.07 Å². The van der Waals surface area contributed by atoms with E-state index in [1.165, 1.54) is 7.11 Å². The molecule has 0 fully saturated rings. The molecular weight excluding hydrogens is 370 g/mol. The van der Waals surface area contributed by atoms with Crippen LogP contribution >= 0.6 is 22.6 Å². The van der Waals surface area contributed by atoms with Gasteiger partial charge in [0.1, 0.15) is 9.26 Å². The number of esters is 1. The van der Waals surface area contributed by atoms with Gasteiger partial charge >= 0.3 is 12.3 Å². The molecule has 0 aliphatic heterocycles. The molecule has 0 aliphatic rings. The summed E-state index contributed by atoms with van der Waals surface area (Å²) in [5.41, 5.74) is -0.466. The van der Waals surface area contributed by atoms with Gasteiger partial charge in [0.05, 0.1) is 14.2 Å². The minimum atomic E-state index is -4.95. The molecule has 0 aliphatic carbocycles. The molecule has 0 bridgehead atoms. The normalized spacial score (nSPS) is 11.0. The summed E-state index contributed by atoms with van der Waals surface area (Å²) in [5, 5.41) is 0. The van der Waals surface area contributed by atoms with Gasteiger partial charge in [0.25, 0.3) is 0 Å². The van der Waals surface area contributed by atoms with Crippen molar-refractivity contribution in [3.63, 3.8) is 0 Å². The topological polar surface area (TPSA) is 57.7 Å². The minimum absolute atomic E-state index is 0.127. The molecule has 1 rings (SSSR count). The molecule has 1 heterocycles. The zero-order valence-corrected chi connectivity index (χ0v) is 11.3. The lowest BCUT2D eigenvalue weighted by Gasteiger charge is -2.13. The average Bonchev–Trinajstić information content (AvgIpc) is 2.26. The molecule has 9 heteroatoms. The highest BCUT2D eigenvalue weighted by molar-refractivity contribution is 14.1. The van der Waals surface area contributed by atoms with E-state index in [1.807, 2.05) is 0 Å². The largest absolute Gasteiger partial charge is 0.574 e. The van der Waals surface area contributed by atoms with Crippen LogP contribution in [0.3, 0.4) is 0 Å². The molecule has 0 aromatic carbocycles. The number of hydrogen-bond donors (Lipinski definition) is 0. The van der Waals surface area contributed by atoms with E-state index in [0.717, 1.165) is 13.2 Å². The molecule has 0 N–H and O–H groups in total. The van der Waals surface area contributed by atoms with Crippen molar-refractivity contribution >= 4 is 28.6 Å². The molecule has 0 saturated carbocycles. The van der Waals surface area contributed by atoms with Crippen molar-refractivity contribution in [1.29, 1.82) is 0 Å². The number of pyridine rings is 1. The number of nitrogens with zero attached hydrogens (tertiary/aromatic N) is 1. The van der Waals surface area contributed by atoms with Crippen molar-refractivity contribution in [2.24, 2.45) is 0 Å². The third-order valence-electron chi connectivity index (χ3n) is 1.75. The number of methoxy groups -OCH3 is 2. The quantitative estimate of drug-likeness (QED) is 0.460. The van der Waals surface area contributed by atoms with E-state index in [1.54, 1.807) is 22.6 Å². The third-order valence-corrected chi connectivity index (χ3v) is 2.52.